The molecule has 4 rings (SSSR count). The van der Waals surface area contributed by atoms with Gasteiger partial charge in [-0.15, -0.1) is 11.3 Å². The summed E-state index contributed by atoms with van der Waals surface area (Å²) in [6.07, 6.45) is 1.54. The van der Waals surface area contributed by atoms with E-state index in [1.165, 1.54) is 18.3 Å². The molecule has 0 aliphatic carbocycles. The van der Waals surface area contributed by atoms with Crippen molar-refractivity contribution in [1.82, 2.24) is 4.98 Å². The zero-order valence-corrected chi connectivity index (χ0v) is 17.1. The third-order valence-electron chi connectivity index (χ3n) is 4.50. The summed E-state index contributed by atoms with van der Waals surface area (Å²) in [6, 6.07) is 13.0. The Morgan fingerprint density at radius 1 is 1.27 bits per heavy atom. The topological polar surface area (TPSA) is 93.5 Å². The Kier molecular flexibility index (Phi) is 5.37. The Morgan fingerprint density at radius 2 is 2.00 bits per heavy atom. The molecule has 0 spiro atoms. The summed E-state index contributed by atoms with van der Waals surface area (Å²) < 4.78 is 15.9. The number of anilines is 1. The van der Waals surface area contributed by atoms with E-state index in [4.69, 9.17) is 14.2 Å². The van der Waals surface area contributed by atoms with Gasteiger partial charge in [0.25, 0.3) is 0 Å². The smallest absolute Gasteiger partial charge is 0.231 e. The van der Waals surface area contributed by atoms with E-state index in [2.05, 4.69) is 16.4 Å². The minimum absolute atomic E-state index is 0.114. The number of ether oxygens (including phenoxy) is 3. The van der Waals surface area contributed by atoms with Gasteiger partial charge in [0.15, 0.2) is 17.3 Å². The molecule has 0 amide bonds. The van der Waals surface area contributed by atoms with Crippen LogP contribution < -0.4 is 19.5 Å². The standard InChI is InChI=1S/C22H17N3O4S/c1-13(26)17-7-20-21(29-12-28-20)8-18(17)24-10-15(9-23)22-25-19(11-30-22)14-3-5-16(27-2)6-4-14/h3-8,10-11,24H,12H2,1-2H3/b15-10+. The average Bonchev–Trinajstić information content (AvgIpc) is 3.43. The largest absolute Gasteiger partial charge is 0.497 e. The number of carbonyl (C=O) groups excluding carboxylic acids is 1. The molecule has 7 nitrogen and oxygen atoms in total. The van der Waals surface area contributed by atoms with Crippen LogP contribution in [0.3, 0.4) is 0 Å². The highest BCUT2D eigenvalue weighted by Crippen LogP contribution is 2.37. The van der Waals surface area contributed by atoms with Crippen LogP contribution in [0.4, 0.5) is 5.69 Å². The van der Waals surface area contributed by atoms with Crippen molar-refractivity contribution in [3.05, 3.63) is 58.5 Å². The first-order valence-corrected chi connectivity index (χ1v) is 9.88. The molecule has 0 fully saturated rings. The van der Waals surface area contributed by atoms with E-state index in [1.807, 2.05) is 29.6 Å². The van der Waals surface area contributed by atoms with Gasteiger partial charge >= 0.3 is 0 Å². The highest BCUT2D eigenvalue weighted by atomic mass is 32.1. The van der Waals surface area contributed by atoms with Gasteiger partial charge in [-0.1, -0.05) is 0 Å². The van der Waals surface area contributed by atoms with Crippen LogP contribution >= 0.6 is 11.3 Å². The molecule has 1 aromatic heterocycles. The van der Waals surface area contributed by atoms with Crippen LogP contribution in [0.15, 0.2) is 48.0 Å². The zero-order chi connectivity index (χ0) is 21.1. The zero-order valence-electron chi connectivity index (χ0n) is 16.3. The van der Waals surface area contributed by atoms with Gasteiger partial charge in [-0.05, 0) is 37.3 Å². The fourth-order valence-corrected chi connectivity index (χ4v) is 3.73. The number of nitriles is 1. The minimum Gasteiger partial charge on any atom is -0.497 e. The molecule has 1 aliphatic heterocycles. The summed E-state index contributed by atoms with van der Waals surface area (Å²) in [6.45, 7) is 1.59. The first kappa shape index (κ1) is 19.5. The lowest BCUT2D eigenvalue weighted by atomic mass is 10.1. The molecule has 30 heavy (non-hydrogen) atoms. The van der Waals surface area contributed by atoms with Crippen LogP contribution in [0.25, 0.3) is 16.8 Å². The van der Waals surface area contributed by atoms with Crippen molar-refractivity contribution in [1.29, 1.82) is 5.26 Å². The van der Waals surface area contributed by atoms with E-state index in [0.29, 0.717) is 33.3 Å². The van der Waals surface area contributed by atoms with E-state index in [0.717, 1.165) is 17.0 Å². The second kappa shape index (κ2) is 8.27. The molecule has 0 radical (unpaired) electrons. The molecule has 2 aromatic carbocycles. The van der Waals surface area contributed by atoms with Crippen LogP contribution in [-0.2, 0) is 0 Å². The molecular weight excluding hydrogens is 402 g/mol. The number of hydrogen-bond acceptors (Lipinski definition) is 8. The molecule has 2 heterocycles. The van der Waals surface area contributed by atoms with Gasteiger partial charge in [0.2, 0.25) is 6.79 Å². The van der Waals surface area contributed by atoms with Crippen LogP contribution in [0.1, 0.15) is 22.3 Å². The minimum atomic E-state index is -0.126. The number of Topliss-reactive ketones (excluding diaryl/α,β-unsaturated/α-hetero) is 1. The fraction of sp³-hybridized carbons (Fsp3) is 0.136. The van der Waals surface area contributed by atoms with Gasteiger partial charge in [0.1, 0.15) is 22.4 Å². The number of nitrogens with one attached hydrogen (secondary N) is 1. The van der Waals surface area contributed by atoms with Crippen LogP contribution in [0.2, 0.25) is 0 Å². The van der Waals surface area contributed by atoms with Gasteiger partial charge in [-0.3, -0.25) is 4.79 Å². The molecule has 1 N–H and O–H groups in total. The summed E-state index contributed by atoms with van der Waals surface area (Å²) in [7, 11) is 1.62. The van der Waals surface area contributed by atoms with Crippen molar-refractivity contribution >= 4 is 28.4 Å². The molecule has 3 aromatic rings. The first-order valence-electron chi connectivity index (χ1n) is 9.00. The van der Waals surface area contributed by atoms with E-state index in [-0.39, 0.29) is 12.6 Å². The maximum absolute atomic E-state index is 12.0. The summed E-state index contributed by atoms with van der Waals surface area (Å²) in [5, 5.41) is 15.1. The van der Waals surface area contributed by atoms with Gasteiger partial charge < -0.3 is 19.5 Å². The summed E-state index contributed by atoms with van der Waals surface area (Å²) in [5.41, 5.74) is 3.04. The monoisotopic (exact) mass is 419 g/mol. The molecule has 8 heteroatoms. The fourth-order valence-electron chi connectivity index (χ4n) is 2.94. The number of ketones is 1. The predicted octanol–water partition coefficient (Wildman–Crippen LogP) is 4.73. The van der Waals surface area contributed by atoms with Crippen molar-refractivity contribution in [2.75, 3.05) is 19.2 Å². The number of rotatable bonds is 6. The number of aromatic nitrogens is 1. The number of allylic oxidation sites excluding steroid dienone is 1. The second-order valence-corrected chi connectivity index (χ2v) is 7.25. The van der Waals surface area contributed by atoms with Crippen molar-refractivity contribution in [2.45, 2.75) is 6.92 Å². The Balaban J connectivity index is 1.60. The van der Waals surface area contributed by atoms with E-state index in [9.17, 15) is 10.1 Å². The van der Waals surface area contributed by atoms with E-state index >= 15 is 0 Å². The number of thiazole rings is 1. The van der Waals surface area contributed by atoms with E-state index < -0.39 is 0 Å². The Hall–Kier alpha value is -3.83. The predicted molar refractivity (Wildman–Crippen MR) is 114 cm³/mol. The number of nitrogens with zero attached hydrogens (tertiary/aromatic N) is 2. The molecule has 0 bridgehead atoms. The third-order valence-corrected chi connectivity index (χ3v) is 5.38. The van der Waals surface area contributed by atoms with Crippen LogP contribution in [0.5, 0.6) is 17.2 Å². The highest BCUT2D eigenvalue weighted by molar-refractivity contribution is 7.11. The first-order chi connectivity index (χ1) is 14.6. The molecule has 0 atom stereocenters. The maximum atomic E-state index is 12.0. The molecule has 0 saturated heterocycles. The Labute approximate surface area is 177 Å². The number of methoxy groups -OCH3 is 1. The summed E-state index contributed by atoms with van der Waals surface area (Å²) >= 11 is 1.37. The molecule has 1 aliphatic rings. The Bertz CT molecular complexity index is 1180. The lowest BCUT2D eigenvalue weighted by Gasteiger charge is -2.09. The number of fused-ring (bicyclic) bond motifs is 1. The quantitative estimate of drug-likeness (QED) is 0.456. The van der Waals surface area contributed by atoms with Crippen LogP contribution in [-0.4, -0.2) is 24.7 Å². The third kappa shape index (κ3) is 3.83. The molecule has 150 valence electrons. The summed E-state index contributed by atoms with van der Waals surface area (Å²) in [4.78, 5) is 16.6. The number of carbonyl (C=O) groups is 1. The maximum Gasteiger partial charge on any atom is 0.231 e. The van der Waals surface area contributed by atoms with Crippen LogP contribution in [0, 0.1) is 11.3 Å². The van der Waals surface area contributed by atoms with Crippen molar-refractivity contribution in [3.63, 3.8) is 0 Å². The van der Waals surface area contributed by atoms with Gasteiger partial charge in [-0.2, -0.15) is 5.26 Å². The van der Waals surface area contributed by atoms with Gasteiger partial charge in [0, 0.05) is 28.8 Å². The average molecular weight is 419 g/mol. The lowest BCUT2D eigenvalue weighted by molar-refractivity contribution is 0.101. The SMILES string of the molecule is COc1ccc(-c2csc(/C(C#N)=C/Nc3cc4c(cc3C(C)=O)OCO4)n2)cc1. The van der Waals surface area contributed by atoms with Crippen molar-refractivity contribution in [3.8, 4) is 34.6 Å². The highest BCUT2D eigenvalue weighted by Gasteiger charge is 2.19. The normalized spacial score (nSPS) is 12.4. The van der Waals surface area contributed by atoms with Crippen molar-refractivity contribution < 1.29 is 19.0 Å². The van der Waals surface area contributed by atoms with Gasteiger partial charge in [0.05, 0.1) is 18.5 Å². The number of benzene rings is 2. The van der Waals surface area contributed by atoms with E-state index in [1.54, 1.807) is 25.4 Å². The molecular formula is C22H17N3O4S. The molecule has 0 unspecified atom stereocenters. The van der Waals surface area contributed by atoms with Crippen molar-refractivity contribution in [2.24, 2.45) is 0 Å². The number of hydrogen-bond donors (Lipinski definition) is 1. The second-order valence-electron chi connectivity index (χ2n) is 6.39. The Morgan fingerprint density at radius 3 is 2.67 bits per heavy atom. The summed E-state index contributed by atoms with van der Waals surface area (Å²) in [5.74, 6) is 1.71. The lowest BCUT2D eigenvalue weighted by Crippen LogP contribution is -2.00. The van der Waals surface area contributed by atoms with Gasteiger partial charge in [-0.25, -0.2) is 4.98 Å². The molecule has 0 saturated carbocycles.